The molecule has 2 aromatic carbocycles. The van der Waals surface area contributed by atoms with E-state index in [1.165, 1.54) is 12.1 Å². The lowest BCUT2D eigenvalue weighted by Crippen LogP contribution is -2.30. The number of hydrogen-bond donors (Lipinski definition) is 1. The van der Waals surface area contributed by atoms with Crippen molar-refractivity contribution in [1.82, 2.24) is 0 Å². The zero-order valence-corrected chi connectivity index (χ0v) is 16.7. The summed E-state index contributed by atoms with van der Waals surface area (Å²) in [5, 5.41) is 4.39. The molecule has 1 aliphatic rings. The van der Waals surface area contributed by atoms with Gasteiger partial charge >= 0.3 is 15.5 Å². The summed E-state index contributed by atoms with van der Waals surface area (Å²) in [6, 6.07) is 12.4. The van der Waals surface area contributed by atoms with Crippen LogP contribution in [-0.2, 0) is 14.9 Å². The fourth-order valence-electron chi connectivity index (χ4n) is 2.98. The van der Waals surface area contributed by atoms with Crippen molar-refractivity contribution < 1.29 is 26.4 Å². The molecule has 1 saturated carbocycles. The van der Waals surface area contributed by atoms with E-state index < -0.39 is 15.5 Å². The van der Waals surface area contributed by atoms with Crippen molar-refractivity contribution in [3.8, 4) is 0 Å². The van der Waals surface area contributed by atoms with Gasteiger partial charge in [0.2, 0.25) is 0 Å². The van der Waals surface area contributed by atoms with Gasteiger partial charge in [-0.2, -0.15) is 21.6 Å². The van der Waals surface area contributed by atoms with Gasteiger partial charge in [-0.1, -0.05) is 47.1 Å². The Morgan fingerprint density at radius 1 is 1.10 bits per heavy atom. The molecule has 0 amide bonds. The molecule has 0 aliphatic heterocycles. The number of oxime groups is 1. The largest absolute Gasteiger partial charge is 0.516 e. The van der Waals surface area contributed by atoms with E-state index in [1.807, 2.05) is 0 Å². The molecule has 0 heterocycles. The van der Waals surface area contributed by atoms with Crippen LogP contribution in [-0.4, -0.2) is 25.7 Å². The Labute approximate surface area is 171 Å². The number of anilines is 1. The molecule has 10 heteroatoms. The molecule has 2 aromatic rings. The fourth-order valence-corrected chi connectivity index (χ4v) is 3.73. The zero-order valence-electron chi connectivity index (χ0n) is 15.1. The van der Waals surface area contributed by atoms with E-state index >= 15 is 0 Å². The van der Waals surface area contributed by atoms with Crippen molar-refractivity contribution >= 4 is 33.0 Å². The average molecular weight is 447 g/mol. The third-order valence-corrected chi connectivity index (χ3v) is 5.76. The van der Waals surface area contributed by atoms with Gasteiger partial charge in [0.25, 0.3) is 0 Å². The molecule has 5 nitrogen and oxygen atoms in total. The molecule has 0 unspecified atom stereocenters. The third kappa shape index (κ3) is 5.22. The Balaban J connectivity index is 2.07. The van der Waals surface area contributed by atoms with E-state index in [9.17, 15) is 21.6 Å². The van der Waals surface area contributed by atoms with E-state index in [-0.39, 0.29) is 28.1 Å². The molecule has 1 aliphatic carbocycles. The molecule has 1 N–H and O–H groups in total. The number of sulfonamides is 1. The van der Waals surface area contributed by atoms with Crippen LogP contribution < -0.4 is 4.72 Å². The molecule has 1 fully saturated rings. The first kappa shape index (κ1) is 21.4. The summed E-state index contributed by atoms with van der Waals surface area (Å²) in [6.45, 7) is 0. The molecule has 29 heavy (non-hydrogen) atoms. The first-order valence-electron chi connectivity index (χ1n) is 8.85. The molecular formula is C19H18ClF3N2O3S. The first-order valence-corrected chi connectivity index (χ1v) is 10.7. The van der Waals surface area contributed by atoms with Crippen molar-refractivity contribution in [2.75, 3.05) is 4.72 Å². The predicted molar refractivity (Wildman–Crippen MR) is 105 cm³/mol. The lowest BCUT2D eigenvalue weighted by atomic mass is 10.0. The summed E-state index contributed by atoms with van der Waals surface area (Å²) < 4.78 is 63.5. The summed E-state index contributed by atoms with van der Waals surface area (Å²) in [4.78, 5) is 5.61. The van der Waals surface area contributed by atoms with Crippen LogP contribution in [0.2, 0.25) is 5.02 Å². The Kier molecular flexibility index (Phi) is 6.38. The van der Waals surface area contributed by atoms with Gasteiger partial charge in [-0.15, -0.1) is 0 Å². The maximum atomic E-state index is 12.9. The van der Waals surface area contributed by atoms with Gasteiger partial charge in [-0.25, -0.2) is 0 Å². The number of hydrogen-bond acceptors (Lipinski definition) is 4. The first-order chi connectivity index (χ1) is 13.7. The van der Waals surface area contributed by atoms with Crippen LogP contribution in [0.4, 0.5) is 18.9 Å². The average Bonchev–Trinajstić information content (AvgIpc) is 3.17. The minimum atomic E-state index is -5.62. The Bertz CT molecular complexity index is 990. The maximum absolute atomic E-state index is 12.9. The van der Waals surface area contributed by atoms with Crippen molar-refractivity contribution in [3.63, 3.8) is 0 Å². The summed E-state index contributed by atoms with van der Waals surface area (Å²) >= 11 is 6.04. The van der Waals surface area contributed by atoms with Crippen LogP contribution in [0.5, 0.6) is 0 Å². The fraction of sp³-hybridized carbons (Fsp3) is 0.316. The van der Waals surface area contributed by atoms with Gasteiger partial charge in [0, 0.05) is 16.1 Å². The van der Waals surface area contributed by atoms with E-state index in [1.54, 1.807) is 35.1 Å². The van der Waals surface area contributed by atoms with E-state index in [0.717, 1.165) is 31.7 Å². The molecule has 3 rings (SSSR count). The molecule has 0 spiro atoms. The van der Waals surface area contributed by atoms with E-state index in [2.05, 4.69) is 5.16 Å². The van der Waals surface area contributed by atoms with Crippen molar-refractivity contribution in [3.05, 3.63) is 64.7 Å². The minimum Gasteiger partial charge on any atom is -0.392 e. The van der Waals surface area contributed by atoms with Crippen LogP contribution in [0, 0.1) is 0 Å². The zero-order chi connectivity index (χ0) is 21.1. The predicted octanol–water partition coefficient (Wildman–Crippen LogP) is 5.31. The highest BCUT2D eigenvalue weighted by Gasteiger charge is 2.46. The van der Waals surface area contributed by atoms with Gasteiger partial charge in [-0.3, -0.25) is 4.72 Å². The third-order valence-electron chi connectivity index (χ3n) is 4.43. The molecule has 0 saturated heterocycles. The second kappa shape index (κ2) is 8.62. The second-order valence-corrected chi connectivity index (χ2v) is 8.67. The van der Waals surface area contributed by atoms with Crippen molar-refractivity contribution in [2.24, 2.45) is 5.16 Å². The molecular weight excluding hydrogens is 429 g/mol. The van der Waals surface area contributed by atoms with Gasteiger partial charge in [0.05, 0.1) is 5.69 Å². The lowest BCUT2D eigenvalue weighted by molar-refractivity contribution is -0.0429. The minimum absolute atomic E-state index is 0.0783. The highest BCUT2D eigenvalue weighted by molar-refractivity contribution is 7.93. The number of nitrogens with zero attached hydrogens (tertiary/aromatic N) is 1. The summed E-state index contributed by atoms with van der Waals surface area (Å²) in [5.74, 6) is 0. The van der Waals surface area contributed by atoms with Gasteiger partial charge < -0.3 is 4.84 Å². The van der Waals surface area contributed by atoms with Crippen LogP contribution in [0.25, 0.3) is 0 Å². The van der Waals surface area contributed by atoms with Crippen LogP contribution in [0.1, 0.15) is 36.8 Å². The monoisotopic (exact) mass is 446 g/mol. The maximum Gasteiger partial charge on any atom is 0.516 e. The van der Waals surface area contributed by atoms with Gasteiger partial charge in [0.15, 0.2) is 0 Å². The number of nitrogens with one attached hydrogen (secondary N) is 1. The Hall–Kier alpha value is -2.26. The summed E-state index contributed by atoms with van der Waals surface area (Å²) in [7, 11) is -5.62. The Morgan fingerprint density at radius 3 is 2.38 bits per heavy atom. The number of rotatable bonds is 6. The lowest BCUT2D eigenvalue weighted by Gasteiger charge is -2.17. The molecule has 0 bridgehead atoms. The van der Waals surface area contributed by atoms with Crippen molar-refractivity contribution in [2.45, 2.75) is 37.3 Å². The SMILES string of the molecule is O=S(=O)(Nc1ccc(Cl)cc1C(=NOC1CCCC1)c1ccccc1)C(F)(F)F. The van der Waals surface area contributed by atoms with Crippen LogP contribution in [0.15, 0.2) is 53.7 Å². The highest BCUT2D eigenvalue weighted by atomic mass is 35.5. The normalized spacial score (nSPS) is 16.1. The standard InChI is InChI=1S/C19H18ClF3N2O3S/c20-14-10-11-17(25-29(26,27)19(21,22)23)16(12-14)18(13-6-2-1-3-7-13)24-28-15-8-4-5-9-15/h1-3,6-7,10-12,15,25H,4-5,8-9H2. The van der Waals surface area contributed by atoms with E-state index in [4.69, 9.17) is 16.4 Å². The quantitative estimate of drug-likeness (QED) is 0.482. The van der Waals surface area contributed by atoms with Crippen LogP contribution in [0.3, 0.4) is 0 Å². The summed E-state index contributed by atoms with van der Waals surface area (Å²) in [6.07, 6.45) is 3.58. The molecule has 0 radical (unpaired) electrons. The number of halogens is 4. The topological polar surface area (TPSA) is 67.8 Å². The molecule has 0 aromatic heterocycles. The number of alkyl halides is 3. The van der Waals surface area contributed by atoms with Crippen molar-refractivity contribution in [1.29, 1.82) is 0 Å². The Morgan fingerprint density at radius 2 is 1.76 bits per heavy atom. The van der Waals surface area contributed by atoms with Crippen LogP contribution >= 0.6 is 11.6 Å². The molecule has 156 valence electrons. The van der Waals surface area contributed by atoms with Gasteiger partial charge in [-0.05, 0) is 43.9 Å². The van der Waals surface area contributed by atoms with Gasteiger partial charge in [0.1, 0.15) is 11.8 Å². The second-order valence-electron chi connectivity index (χ2n) is 6.56. The van der Waals surface area contributed by atoms with E-state index in [0.29, 0.717) is 5.56 Å². The smallest absolute Gasteiger partial charge is 0.392 e. The highest BCUT2D eigenvalue weighted by Crippen LogP contribution is 2.30. The summed E-state index contributed by atoms with van der Waals surface area (Å²) in [5.41, 5.74) is -4.96. The number of benzene rings is 2. The molecule has 0 atom stereocenters.